The number of ether oxygens (including phenoxy) is 1. The van der Waals surface area contributed by atoms with Gasteiger partial charge in [0, 0.05) is 31.9 Å². The standard InChI is InChI=1S/C29H28N4O2/c34-29(24-10-5-16-30-21-24)31-17-6-13-28-32-26-11-3-4-12-27(26)33(28)18-7-19-35-25-15-14-22-8-1-2-9-23(22)20-25/h1-5,8-12,14-16,20-21H,6-7,13,17-19H2,(H,31,34). The zero-order valence-corrected chi connectivity index (χ0v) is 19.6. The van der Waals surface area contributed by atoms with Crippen LogP contribution in [0.25, 0.3) is 21.8 Å². The molecule has 0 saturated carbocycles. The van der Waals surface area contributed by atoms with E-state index in [0.717, 1.165) is 48.4 Å². The second-order valence-corrected chi connectivity index (χ2v) is 8.48. The van der Waals surface area contributed by atoms with Crippen LogP contribution >= 0.6 is 0 Å². The minimum absolute atomic E-state index is 0.0996. The van der Waals surface area contributed by atoms with E-state index >= 15 is 0 Å². The Morgan fingerprint density at radius 1 is 0.914 bits per heavy atom. The number of para-hydroxylation sites is 2. The first kappa shape index (κ1) is 22.6. The van der Waals surface area contributed by atoms with Crippen molar-refractivity contribution in [2.24, 2.45) is 0 Å². The van der Waals surface area contributed by atoms with Gasteiger partial charge in [0.2, 0.25) is 0 Å². The lowest BCUT2D eigenvalue weighted by atomic mass is 10.1. The summed E-state index contributed by atoms with van der Waals surface area (Å²) in [6, 6.07) is 26.3. The van der Waals surface area contributed by atoms with Crippen molar-refractivity contribution in [2.75, 3.05) is 13.2 Å². The average molecular weight is 465 g/mol. The number of nitrogens with zero attached hydrogens (tertiary/aromatic N) is 3. The Morgan fingerprint density at radius 2 is 1.77 bits per heavy atom. The molecule has 0 saturated heterocycles. The molecule has 6 nitrogen and oxygen atoms in total. The molecule has 2 aromatic heterocycles. The molecule has 35 heavy (non-hydrogen) atoms. The number of aryl methyl sites for hydroxylation is 2. The number of benzene rings is 3. The number of rotatable bonds is 10. The van der Waals surface area contributed by atoms with Crippen molar-refractivity contribution in [2.45, 2.75) is 25.8 Å². The molecule has 6 heteroatoms. The fourth-order valence-electron chi connectivity index (χ4n) is 4.28. The number of amides is 1. The van der Waals surface area contributed by atoms with Crippen LogP contribution in [0.4, 0.5) is 0 Å². The van der Waals surface area contributed by atoms with Crippen LogP contribution in [0.2, 0.25) is 0 Å². The van der Waals surface area contributed by atoms with E-state index in [1.165, 1.54) is 10.8 Å². The predicted octanol–water partition coefficient (Wildman–Crippen LogP) is 5.42. The lowest BCUT2D eigenvalue weighted by Crippen LogP contribution is -2.25. The van der Waals surface area contributed by atoms with Crippen LogP contribution in [-0.2, 0) is 13.0 Å². The maximum absolute atomic E-state index is 12.2. The highest BCUT2D eigenvalue weighted by Gasteiger charge is 2.11. The van der Waals surface area contributed by atoms with E-state index in [-0.39, 0.29) is 5.91 Å². The van der Waals surface area contributed by atoms with E-state index in [9.17, 15) is 4.79 Å². The molecule has 2 heterocycles. The maximum Gasteiger partial charge on any atom is 0.252 e. The Hall–Kier alpha value is -4.19. The van der Waals surface area contributed by atoms with Gasteiger partial charge < -0.3 is 14.6 Å². The van der Waals surface area contributed by atoms with Gasteiger partial charge in [0.1, 0.15) is 11.6 Å². The molecule has 0 aliphatic carbocycles. The summed E-state index contributed by atoms with van der Waals surface area (Å²) in [5.74, 6) is 1.83. The lowest BCUT2D eigenvalue weighted by Gasteiger charge is -2.11. The zero-order valence-electron chi connectivity index (χ0n) is 19.6. The van der Waals surface area contributed by atoms with E-state index in [0.29, 0.717) is 18.7 Å². The fourth-order valence-corrected chi connectivity index (χ4v) is 4.28. The minimum Gasteiger partial charge on any atom is -0.494 e. The zero-order chi connectivity index (χ0) is 23.9. The van der Waals surface area contributed by atoms with Gasteiger partial charge in [-0.05, 0) is 60.0 Å². The van der Waals surface area contributed by atoms with Crippen LogP contribution in [0, 0.1) is 0 Å². The first-order valence-corrected chi connectivity index (χ1v) is 12.0. The number of carbonyl (C=O) groups excluding carboxylic acids is 1. The molecule has 1 N–H and O–H groups in total. The third-order valence-corrected chi connectivity index (χ3v) is 6.04. The number of pyridine rings is 1. The SMILES string of the molecule is O=C(NCCCc1nc2ccccc2n1CCCOc1ccc2ccccc2c1)c1cccnc1. The van der Waals surface area contributed by atoms with Crippen molar-refractivity contribution >= 4 is 27.7 Å². The molecule has 0 radical (unpaired) electrons. The van der Waals surface area contributed by atoms with Crippen LogP contribution in [0.1, 0.15) is 29.0 Å². The number of hydrogen-bond donors (Lipinski definition) is 1. The summed E-state index contributed by atoms with van der Waals surface area (Å²) in [7, 11) is 0. The van der Waals surface area contributed by atoms with Crippen LogP contribution in [0.5, 0.6) is 5.75 Å². The van der Waals surface area contributed by atoms with Gasteiger partial charge in [0.15, 0.2) is 0 Å². The third-order valence-electron chi connectivity index (χ3n) is 6.04. The quantitative estimate of drug-likeness (QED) is 0.280. The van der Waals surface area contributed by atoms with Gasteiger partial charge >= 0.3 is 0 Å². The van der Waals surface area contributed by atoms with E-state index in [1.807, 2.05) is 36.4 Å². The molecule has 0 unspecified atom stereocenters. The highest BCUT2D eigenvalue weighted by atomic mass is 16.5. The van der Waals surface area contributed by atoms with Crippen molar-refractivity contribution in [3.63, 3.8) is 0 Å². The Balaban J connectivity index is 1.17. The largest absolute Gasteiger partial charge is 0.494 e. The van der Waals surface area contributed by atoms with Crippen molar-refractivity contribution in [1.82, 2.24) is 19.9 Å². The molecular weight excluding hydrogens is 436 g/mol. The molecular formula is C29H28N4O2. The molecule has 1 amide bonds. The molecule has 0 atom stereocenters. The monoisotopic (exact) mass is 464 g/mol. The average Bonchev–Trinajstić information content (AvgIpc) is 3.26. The predicted molar refractivity (Wildman–Crippen MR) is 139 cm³/mol. The highest BCUT2D eigenvalue weighted by molar-refractivity contribution is 5.93. The van der Waals surface area contributed by atoms with Gasteiger partial charge in [-0.15, -0.1) is 0 Å². The number of hydrogen-bond acceptors (Lipinski definition) is 4. The number of aromatic nitrogens is 3. The van der Waals surface area contributed by atoms with Gasteiger partial charge in [0.05, 0.1) is 23.2 Å². The first-order chi connectivity index (χ1) is 17.3. The lowest BCUT2D eigenvalue weighted by molar-refractivity contribution is 0.0952. The number of nitrogens with one attached hydrogen (secondary N) is 1. The number of imidazole rings is 1. The molecule has 0 spiro atoms. The molecule has 0 fully saturated rings. The second-order valence-electron chi connectivity index (χ2n) is 8.48. The molecule has 0 aliphatic heterocycles. The maximum atomic E-state index is 12.2. The topological polar surface area (TPSA) is 69.0 Å². The van der Waals surface area contributed by atoms with Crippen molar-refractivity contribution in [3.8, 4) is 5.75 Å². The van der Waals surface area contributed by atoms with Gasteiger partial charge in [-0.2, -0.15) is 0 Å². The van der Waals surface area contributed by atoms with Crippen molar-refractivity contribution in [1.29, 1.82) is 0 Å². The summed E-state index contributed by atoms with van der Waals surface area (Å²) in [5, 5.41) is 5.37. The van der Waals surface area contributed by atoms with E-state index < -0.39 is 0 Å². The highest BCUT2D eigenvalue weighted by Crippen LogP contribution is 2.21. The summed E-state index contributed by atoms with van der Waals surface area (Å²) < 4.78 is 8.32. The Bertz CT molecular complexity index is 1430. The van der Waals surface area contributed by atoms with Crippen molar-refractivity contribution in [3.05, 3.63) is 103 Å². The molecule has 5 aromatic rings. The first-order valence-electron chi connectivity index (χ1n) is 12.0. The molecule has 0 aliphatic rings. The van der Waals surface area contributed by atoms with E-state index in [1.54, 1.807) is 24.5 Å². The van der Waals surface area contributed by atoms with Crippen LogP contribution < -0.4 is 10.1 Å². The molecule has 0 bridgehead atoms. The van der Waals surface area contributed by atoms with Gasteiger partial charge in [0.25, 0.3) is 5.91 Å². The summed E-state index contributed by atoms with van der Waals surface area (Å²) in [6.07, 6.45) is 5.71. The summed E-state index contributed by atoms with van der Waals surface area (Å²) in [6.45, 7) is 2.04. The van der Waals surface area contributed by atoms with E-state index in [4.69, 9.17) is 9.72 Å². The summed E-state index contributed by atoms with van der Waals surface area (Å²) in [4.78, 5) is 21.1. The van der Waals surface area contributed by atoms with Gasteiger partial charge in [-0.25, -0.2) is 4.98 Å². The third kappa shape index (κ3) is 5.49. The number of carbonyl (C=O) groups is 1. The Labute approximate surface area is 204 Å². The normalized spacial score (nSPS) is 11.1. The van der Waals surface area contributed by atoms with Gasteiger partial charge in [-0.3, -0.25) is 9.78 Å². The number of fused-ring (bicyclic) bond motifs is 2. The van der Waals surface area contributed by atoms with Crippen molar-refractivity contribution < 1.29 is 9.53 Å². The Kier molecular flexibility index (Phi) is 6.99. The second kappa shape index (κ2) is 10.8. The van der Waals surface area contributed by atoms with Crippen LogP contribution in [-0.4, -0.2) is 33.6 Å². The summed E-state index contributed by atoms with van der Waals surface area (Å²) >= 11 is 0. The molecule has 3 aromatic carbocycles. The van der Waals surface area contributed by atoms with Crippen LogP contribution in [0.3, 0.4) is 0 Å². The fraction of sp³-hybridized carbons (Fsp3) is 0.207. The molecule has 176 valence electrons. The van der Waals surface area contributed by atoms with Crippen LogP contribution in [0.15, 0.2) is 91.3 Å². The smallest absolute Gasteiger partial charge is 0.252 e. The molecule has 5 rings (SSSR count). The van der Waals surface area contributed by atoms with Gasteiger partial charge in [-0.1, -0.05) is 42.5 Å². The van der Waals surface area contributed by atoms with E-state index in [2.05, 4.69) is 45.2 Å². The summed E-state index contributed by atoms with van der Waals surface area (Å²) in [5.41, 5.74) is 2.70. The Morgan fingerprint density at radius 3 is 2.66 bits per heavy atom. The minimum atomic E-state index is -0.0996.